The van der Waals surface area contributed by atoms with Crippen LogP contribution in [0.5, 0.6) is 0 Å². The van der Waals surface area contributed by atoms with Crippen LogP contribution in [0.3, 0.4) is 0 Å². The Morgan fingerprint density at radius 1 is 0.778 bits per heavy atom. The lowest BCUT2D eigenvalue weighted by molar-refractivity contribution is -0.115. The Bertz CT molecular complexity index is 1550. The van der Waals surface area contributed by atoms with Crippen LogP contribution >= 0.6 is 0 Å². The van der Waals surface area contributed by atoms with Gasteiger partial charge >= 0.3 is 0 Å². The zero-order chi connectivity index (χ0) is 24.9. The molecule has 6 nitrogen and oxygen atoms in total. The highest BCUT2D eigenvalue weighted by Crippen LogP contribution is 2.33. The zero-order valence-electron chi connectivity index (χ0n) is 19.7. The summed E-state index contributed by atoms with van der Waals surface area (Å²) >= 11 is 0. The molecule has 3 aromatic carbocycles. The number of rotatable bonds is 6. The first kappa shape index (κ1) is 22.9. The molecule has 2 aromatic heterocycles. The number of amides is 2. The van der Waals surface area contributed by atoms with Crippen LogP contribution in [-0.2, 0) is 11.2 Å². The molecule has 0 aliphatic heterocycles. The summed E-state index contributed by atoms with van der Waals surface area (Å²) in [5.74, 6) is -0.406. The Morgan fingerprint density at radius 2 is 1.47 bits per heavy atom. The van der Waals surface area contributed by atoms with Crippen LogP contribution in [0.1, 0.15) is 21.6 Å². The summed E-state index contributed by atoms with van der Waals surface area (Å²) in [5.41, 5.74) is 6.36. The van der Waals surface area contributed by atoms with Crippen molar-refractivity contribution in [2.24, 2.45) is 0 Å². The number of hydrogen-bond donors (Lipinski definition) is 2. The molecular formula is C30H24N4O2. The number of carbonyl (C=O) groups excluding carboxylic acids is 2. The van der Waals surface area contributed by atoms with Crippen molar-refractivity contribution in [3.63, 3.8) is 0 Å². The van der Waals surface area contributed by atoms with E-state index in [2.05, 4.69) is 27.8 Å². The van der Waals surface area contributed by atoms with E-state index in [-0.39, 0.29) is 18.2 Å². The van der Waals surface area contributed by atoms with Crippen molar-refractivity contribution in [1.82, 2.24) is 9.97 Å². The third kappa shape index (κ3) is 4.98. The Hall–Kier alpha value is -4.84. The minimum absolute atomic E-state index is 0.162. The smallest absolute Gasteiger partial charge is 0.255 e. The molecule has 36 heavy (non-hydrogen) atoms. The van der Waals surface area contributed by atoms with Crippen molar-refractivity contribution in [2.45, 2.75) is 13.3 Å². The molecule has 0 saturated carbocycles. The first-order valence-electron chi connectivity index (χ1n) is 11.6. The van der Waals surface area contributed by atoms with Gasteiger partial charge in [0, 0.05) is 40.4 Å². The Morgan fingerprint density at radius 3 is 2.25 bits per heavy atom. The van der Waals surface area contributed by atoms with E-state index in [0.717, 1.165) is 33.3 Å². The quantitative estimate of drug-likeness (QED) is 0.316. The van der Waals surface area contributed by atoms with E-state index in [1.807, 2.05) is 49.4 Å². The maximum absolute atomic E-state index is 13.2. The second-order valence-corrected chi connectivity index (χ2v) is 8.43. The Balaban J connectivity index is 1.40. The van der Waals surface area contributed by atoms with Crippen molar-refractivity contribution in [3.8, 4) is 11.1 Å². The lowest BCUT2D eigenvalue weighted by Gasteiger charge is -2.16. The number of nitrogens with one attached hydrogen (secondary N) is 2. The molecule has 176 valence electrons. The van der Waals surface area contributed by atoms with Crippen LogP contribution in [0.4, 0.5) is 11.4 Å². The molecule has 2 N–H and O–H groups in total. The molecule has 0 radical (unpaired) electrons. The fourth-order valence-corrected chi connectivity index (χ4v) is 4.27. The summed E-state index contributed by atoms with van der Waals surface area (Å²) in [4.78, 5) is 34.3. The summed E-state index contributed by atoms with van der Waals surface area (Å²) in [6, 6.07) is 28.4. The monoisotopic (exact) mass is 472 g/mol. The Labute approximate surface area is 209 Å². The largest absolute Gasteiger partial charge is 0.326 e. The average molecular weight is 473 g/mol. The molecule has 0 aliphatic carbocycles. The van der Waals surface area contributed by atoms with Gasteiger partial charge in [0.25, 0.3) is 5.91 Å². The minimum atomic E-state index is -0.244. The molecule has 2 amide bonds. The first-order chi connectivity index (χ1) is 17.6. The number of nitrogens with zero attached hydrogens (tertiary/aromatic N) is 2. The van der Waals surface area contributed by atoms with Crippen molar-refractivity contribution in [2.75, 3.05) is 10.6 Å². The van der Waals surface area contributed by atoms with Gasteiger partial charge in [-0.05, 0) is 60.0 Å². The molecule has 5 rings (SSSR count). The molecule has 2 heterocycles. The van der Waals surface area contributed by atoms with Gasteiger partial charge in [-0.25, -0.2) is 0 Å². The number of hydrogen-bond acceptors (Lipinski definition) is 4. The van der Waals surface area contributed by atoms with Gasteiger partial charge in [0.15, 0.2) is 0 Å². The molecule has 0 spiro atoms. The molecule has 0 saturated heterocycles. The van der Waals surface area contributed by atoms with Gasteiger partial charge < -0.3 is 10.6 Å². The van der Waals surface area contributed by atoms with E-state index >= 15 is 0 Å². The number of anilines is 2. The van der Waals surface area contributed by atoms with E-state index in [9.17, 15) is 9.59 Å². The predicted octanol–water partition coefficient (Wildman–Crippen LogP) is 6.04. The van der Waals surface area contributed by atoms with Crippen molar-refractivity contribution < 1.29 is 9.59 Å². The van der Waals surface area contributed by atoms with Crippen molar-refractivity contribution in [1.29, 1.82) is 0 Å². The maximum atomic E-state index is 13.2. The summed E-state index contributed by atoms with van der Waals surface area (Å²) in [6.45, 7) is 1.94. The minimum Gasteiger partial charge on any atom is -0.326 e. The molecular weight excluding hydrogens is 448 g/mol. The van der Waals surface area contributed by atoms with Crippen LogP contribution in [0.25, 0.3) is 22.0 Å². The number of aromatic nitrogens is 2. The van der Waals surface area contributed by atoms with Gasteiger partial charge in [-0.3, -0.25) is 19.6 Å². The molecule has 6 heteroatoms. The van der Waals surface area contributed by atoms with Crippen molar-refractivity contribution >= 4 is 34.1 Å². The van der Waals surface area contributed by atoms with E-state index < -0.39 is 0 Å². The second-order valence-electron chi connectivity index (χ2n) is 8.43. The molecule has 0 fully saturated rings. The third-order valence-corrected chi connectivity index (χ3v) is 5.95. The summed E-state index contributed by atoms with van der Waals surface area (Å²) in [7, 11) is 0. The van der Waals surface area contributed by atoms with Gasteiger partial charge in [-0.2, -0.15) is 0 Å². The van der Waals surface area contributed by atoms with E-state index in [1.165, 1.54) is 0 Å². The van der Waals surface area contributed by atoms with Crippen LogP contribution in [-0.4, -0.2) is 21.8 Å². The molecule has 0 unspecified atom stereocenters. The highest BCUT2D eigenvalue weighted by atomic mass is 16.2. The SMILES string of the molecule is Cc1nc2ccccc2c(-c2ccccc2)c1CC(=O)Nc1cccc(NC(=O)c2ccncc2)c1. The van der Waals surface area contributed by atoms with Gasteiger partial charge in [0.1, 0.15) is 0 Å². The number of para-hydroxylation sites is 1. The van der Waals surface area contributed by atoms with Gasteiger partial charge in [-0.1, -0.05) is 54.6 Å². The number of benzene rings is 3. The van der Waals surface area contributed by atoms with Crippen molar-refractivity contribution in [3.05, 3.63) is 120 Å². The molecule has 0 bridgehead atoms. The predicted molar refractivity (Wildman–Crippen MR) is 143 cm³/mol. The maximum Gasteiger partial charge on any atom is 0.255 e. The fourth-order valence-electron chi connectivity index (χ4n) is 4.27. The number of pyridine rings is 2. The number of carbonyl (C=O) groups is 2. The summed E-state index contributed by atoms with van der Waals surface area (Å²) in [5, 5.41) is 6.84. The highest BCUT2D eigenvalue weighted by molar-refractivity contribution is 6.05. The van der Waals surface area contributed by atoms with E-state index in [1.54, 1.807) is 48.8 Å². The van der Waals surface area contributed by atoms with Crippen LogP contribution < -0.4 is 10.6 Å². The highest BCUT2D eigenvalue weighted by Gasteiger charge is 2.17. The van der Waals surface area contributed by atoms with Crippen LogP contribution in [0.15, 0.2) is 103 Å². The van der Waals surface area contributed by atoms with Gasteiger partial charge in [-0.15, -0.1) is 0 Å². The average Bonchev–Trinajstić information content (AvgIpc) is 2.90. The second kappa shape index (κ2) is 10.2. The van der Waals surface area contributed by atoms with Crippen LogP contribution in [0, 0.1) is 6.92 Å². The standard InChI is InChI=1S/C30H24N4O2/c1-20-26(29(21-8-3-2-4-9-21)25-12-5-6-13-27(25)32-20)19-28(35)33-23-10-7-11-24(18-23)34-30(36)22-14-16-31-17-15-22/h2-18H,19H2,1H3,(H,33,35)(H,34,36). The lowest BCUT2D eigenvalue weighted by Crippen LogP contribution is -2.17. The molecule has 0 atom stereocenters. The summed E-state index contributed by atoms with van der Waals surface area (Å²) < 4.78 is 0. The number of fused-ring (bicyclic) bond motifs is 1. The molecule has 0 aliphatic rings. The normalized spacial score (nSPS) is 10.7. The molecule has 5 aromatic rings. The van der Waals surface area contributed by atoms with Gasteiger partial charge in [0.2, 0.25) is 5.91 Å². The third-order valence-electron chi connectivity index (χ3n) is 5.95. The lowest BCUT2D eigenvalue weighted by atomic mass is 9.92. The van der Waals surface area contributed by atoms with E-state index in [4.69, 9.17) is 4.98 Å². The Kier molecular flexibility index (Phi) is 6.49. The summed E-state index contributed by atoms with van der Waals surface area (Å²) in [6.07, 6.45) is 3.30. The van der Waals surface area contributed by atoms with Crippen LogP contribution in [0.2, 0.25) is 0 Å². The number of aryl methyl sites for hydroxylation is 1. The first-order valence-corrected chi connectivity index (χ1v) is 11.6. The van der Waals surface area contributed by atoms with Gasteiger partial charge in [0.05, 0.1) is 11.9 Å². The van der Waals surface area contributed by atoms with E-state index in [0.29, 0.717) is 16.9 Å². The zero-order valence-corrected chi connectivity index (χ0v) is 19.7. The fraction of sp³-hybridized carbons (Fsp3) is 0.0667. The topological polar surface area (TPSA) is 84.0 Å².